The molecule has 0 saturated carbocycles. The molecule has 4 amide bonds. The van der Waals surface area contributed by atoms with Crippen LogP contribution in [0, 0.1) is 13.8 Å². The number of carbonyl (C=O) groups is 3. The van der Waals surface area contributed by atoms with Crippen LogP contribution in [0.5, 0.6) is 17.2 Å². The molecule has 8 nitrogen and oxygen atoms in total. The lowest BCUT2D eigenvalue weighted by Gasteiger charge is -2.26. The first-order valence-electron chi connectivity index (χ1n) is 11.0. The van der Waals surface area contributed by atoms with E-state index in [4.69, 9.17) is 14.2 Å². The van der Waals surface area contributed by atoms with E-state index < -0.39 is 17.8 Å². The molecule has 0 aliphatic carbocycles. The maximum atomic E-state index is 13.1. The molecule has 35 heavy (non-hydrogen) atoms. The second-order valence-electron chi connectivity index (χ2n) is 8.27. The molecule has 3 aromatic rings. The molecule has 1 fully saturated rings. The smallest absolute Gasteiger partial charge is 0.335 e. The zero-order chi connectivity index (χ0) is 24.5. The van der Waals surface area contributed by atoms with Gasteiger partial charge in [0.05, 0.1) is 5.69 Å². The number of benzene rings is 3. The van der Waals surface area contributed by atoms with Crippen LogP contribution in [0.3, 0.4) is 0 Å². The first kappa shape index (κ1) is 22.2. The summed E-state index contributed by atoms with van der Waals surface area (Å²) in [6.45, 7) is 4.39. The Morgan fingerprint density at radius 3 is 2.46 bits per heavy atom. The van der Waals surface area contributed by atoms with Crippen molar-refractivity contribution in [1.82, 2.24) is 5.32 Å². The van der Waals surface area contributed by atoms with Gasteiger partial charge in [0.25, 0.3) is 11.8 Å². The van der Waals surface area contributed by atoms with E-state index in [0.29, 0.717) is 35.1 Å². The Labute approximate surface area is 201 Å². The number of ether oxygens (including phenoxy) is 3. The van der Waals surface area contributed by atoms with Crippen molar-refractivity contribution in [1.29, 1.82) is 0 Å². The van der Waals surface area contributed by atoms with Crippen LogP contribution < -0.4 is 24.4 Å². The number of fused-ring (bicyclic) bond motifs is 1. The van der Waals surface area contributed by atoms with Gasteiger partial charge < -0.3 is 14.2 Å². The van der Waals surface area contributed by atoms with Crippen molar-refractivity contribution >= 4 is 29.6 Å². The summed E-state index contributed by atoms with van der Waals surface area (Å²) in [6, 6.07) is 17.1. The molecule has 0 radical (unpaired) electrons. The van der Waals surface area contributed by atoms with Crippen LogP contribution in [0.1, 0.15) is 22.3 Å². The topological polar surface area (TPSA) is 94.2 Å². The van der Waals surface area contributed by atoms with Crippen molar-refractivity contribution in [3.63, 3.8) is 0 Å². The maximum Gasteiger partial charge on any atom is 0.335 e. The SMILES string of the molecule is Cc1ccc(N2C(=O)NC(=O)/C(=C\c3ccc(OCc4ccc5c(c4)OCO5)cc3)C2=O)cc1C. The van der Waals surface area contributed by atoms with Gasteiger partial charge in [0, 0.05) is 0 Å². The molecular weight excluding hydrogens is 448 g/mol. The van der Waals surface area contributed by atoms with Gasteiger partial charge in [0.2, 0.25) is 6.79 Å². The summed E-state index contributed by atoms with van der Waals surface area (Å²) >= 11 is 0. The second kappa shape index (κ2) is 8.98. The van der Waals surface area contributed by atoms with E-state index in [-0.39, 0.29) is 12.4 Å². The zero-order valence-electron chi connectivity index (χ0n) is 19.2. The van der Waals surface area contributed by atoms with E-state index in [1.807, 2.05) is 38.1 Å². The number of rotatable bonds is 5. The Hall–Kier alpha value is -4.59. The van der Waals surface area contributed by atoms with Crippen molar-refractivity contribution in [2.45, 2.75) is 20.5 Å². The first-order valence-corrected chi connectivity index (χ1v) is 11.0. The second-order valence-corrected chi connectivity index (χ2v) is 8.27. The molecule has 1 saturated heterocycles. The lowest BCUT2D eigenvalue weighted by atomic mass is 10.1. The van der Waals surface area contributed by atoms with E-state index in [1.165, 1.54) is 6.08 Å². The first-order chi connectivity index (χ1) is 16.9. The number of anilines is 1. The van der Waals surface area contributed by atoms with Crippen LogP contribution in [0.25, 0.3) is 6.08 Å². The van der Waals surface area contributed by atoms with Crippen LogP contribution in [0.4, 0.5) is 10.5 Å². The van der Waals surface area contributed by atoms with Crippen molar-refractivity contribution in [2.75, 3.05) is 11.7 Å². The lowest BCUT2D eigenvalue weighted by molar-refractivity contribution is -0.122. The van der Waals surface area contributed by atoms with Gasteiger partial charge in [0.15, 0.2) is 11.5 Å². The average Bonchev–Trinajstić information content (AvgIpc) is 3.31. The largest absolute Gasteiger partial charge is 0.489 e. The monoisotopic (exact) mass is 470 g/mol. The molecular formula is C27H22N2O6. The zero-order valence-corrected chi connectivity index (χ0v) is 19.2. The van der Waals surface area contributed by atoms with Crippen LogP contribution in [0.15, 0.2) is 66.2 Å². The number of barbiturate groups is 1. The molecule has 5 rings (SSSR count). The summed E-state index contributed by atoms with van der Waals surface area (Å²) in [5.74, 6) is 0.617. The van der Waals surface area contributed by atoms with Gasteiger partial charge in [-0.2, -0.15) is 0 Å². The molecule has 0 unspecified atom stereocenters. The number of hydrogen-bond acceptors (Lipinski definition) is 6. The summed E-state index contributed by atoms with van der Waals surface area (Å²) < 4.78 is 16.5. The van der Waals surface area contributed by atoms with Crippen molar-refractivity contribution < 1.29 is 28.6 Å². The highest BCUT2D eigenvalue weighted by atomic mass is 16.7. The van der Waals surface area contributed by atoms with Crippen LogP contribution in [-0.2, 0) is 16.2 Å². The van der Waals surface area contributed by atoms with Gasteiger partial charge >= 0.3 is 6.03 Å². The highest BCUT2D eigenvalue weighted by Gasteiger charge is 2.36. The van der Waals surface area contributed by atoms with Crippen molar-refractivity contribution in [3.05, 3.63) is 88.5 Å². The van der Waals surface area contributed by atoms with Gasteiger partial charge in [-0.05, 0) is 78.6 Å². The van der Waals surface area contributed by atoms with Gasteiger partial charge in [-0.15, -0.1) is 0 Å². The van der Waals surface area contributed by atoms with Gasteiger partial charge in [0.1, 0.15) is 17.9 Å². The van der Waals surface area contributed by atoms with E-state index in [9.17, 15) is 14.4 Å². The number of imide groups is 2. The normalized spacial score (nSPS) is 16.0. The summed E-state index contributed by atoms with van der Waals surface area (Å²) in [4.78, 5) is 38.9. The Balaban J connectivity index is 1.31. The third-order valence-corrected chi connectivity index (χ3v) is 5.88. The van der Waals surface area contributed by atoms with Gasteiger partial charge in [-0.25, -0.2) is 9.69 Å². The van der Waals surface area contributed by atoms with E-state index in [1.54, 1.807) is 36.4 Å². The number of aryl methyl sites for hydroxylation is 2. The Morgan fingerprint density at radius 1 is 0.914 bits per heavy atom. The third kappa shape index (κ3) is 4.46. The summed E-state index contributed by atoms with van der Waals surface area (Å²) in [5.41, 5.74) is 3.79. The number of urea groups is 1. The fourth-order valence-corrected chi connectivity index (χ4v) is 3.78. The van der Waals surface area contributed by atoms with E-state index >= 15 is 0 Å². The summed E-state index contributed by atoms with van der Waals surface area (Å²) in [7, 11) is 0. The minimum absolute atomic E-state index is 0.128. The molecule has 0 atom stereocenters. The molecule has 2 aliphatic heterocycles. The van der Waals surface area contributed by atoms with Gasteiger partial charge in [-0.1, -0.05) is 24.3 Å². The average molecular weight is 470 g/mol. The fourth-order valence-electron chi connectivity index (χ4n) is 3.78. The minimum atomic E-state index is -0.771. The maximum absolute atomic E-state index is 13.1. The quantitative estimate of drug-likeness (QED) is 0.442. The predicted octanol–water partition coefficient (Wildman–Crippen LogP) is 4.28. The summed E-state index contributed by atoms with van der Waals surface area (Å²) in [5, 5.41) is 2.25. The van der Waals surface area contributed by atoms with Crippen LogP contribution in [0.2, 0.25) is 0 Å². The number of hydrogen-bond donors (Lipinski definition) is 1. The van der Waals surface area contributed by atoms with Crippen molar-refractivity contribution in [3.8, 4) is 17.2 Å². The Kier molecular flexibility index (Phi) is 5.70. The molecule has 2 aliphatic rings. The highest BCUT2D eigenvalue weighted by Crippen LogP contribution is 2.33. The molecule has 8 heteroatoms. The molecule has 3 aromatic carbocycles. The Bertz CT molecular complexity index is 1380. The fraction of sp³-hybridized carbons (Fsp3) is 0.148. The highest BCUT2D eigenvalue weighted by molar-refractivity contribution is 6.39. The standard InChI is InChI=1S/C27H22N2O6/c1-16-3-7-20(11-17(16)2)29-26(31)22(25(30)28-27(29)32)12-18-4-8-21(9-5-18)33-14-19-6-10-23-24(13-19)35-15-34-23/h3-13H,14-15H2,1-2H3,(H,28,30,32)/b22-12+. The third-order valence-electron chi connectivity index (χ3n) is 5.88. The predicted molar refractivity (Wildman–Crippen MR) is 128 cm³/mol. The van der Waals surface area contributed by atoms with Crippen LogP contribution >= 0.6 is 0 Å². The van der Waals surface area contributed by atoms with Crippen LogP contribution in [-0.4, -0.2) is 24.6 Å². The number of amides is 4. The molecule has 1 N–H and O–H groups in total. The molecule has 0 bridgehead atoms. The summed E-state index contributed by atoms with van der Waals surface area (Å²) in [6.07, 6.45) is 1.46. The number of nitrogens with zero attached hydrogens (tertiary/aromatic N) is 1. The lowest BCUT2D eigenvalue weighted by Crippen LogP contribution is -2.54. The number of nitrogens with one attached hydrogen (secondary N) is 1. The minimum Gasteiger partial charge on any atom is -0.489 e. The van der Waals surface area contributed by atoms with Gasteiger partial charge in [-0.3, -0.25) is 14.9 Å². The van der Waals surface area contributed by atoms with E-state index in [0.717, 1.165) is 21.6 Å². The van der Waals surface area contributed by atoms with E-state index in [2.05, 4.69) is 5.32 Å². The number of carbonyl (C=O) groups excluding carboxylic acids is 3. The molecule has 2 heterocycles. The van der Waals surface area contributed by atoms with Crippen molar-refractivity contribution in [2.24, 2.45) is 0 Å². The molecule has 0 aromatic heterocycles. The molecule has 176 valence electrons. The Morgan fingerprint density at radius 2 is 1.69 bits per heavy atom. The molecule has 0 spiro atoms.